The zero-order valence-electron chi connectivity index (χ0n) is 12.3. The first kappa shape index (κ1) is 16.1. The maximum atomic E-state index is 13.3. The quantitative estimate of drug-likeness (QED) is 0.840. The maximum absolute atomic E-state index is 13.3. The van der Waals surface area contributed by atoms with E-state index in [1.807, 2.05) is 0 Å². The Kier molecular flexibility index (Phi) is 4.85. The topological polar surface area (TPSA) is 20.3 Å². The van der Waals surface area contributed by atoms with E-state index in [9.17, 15) is 18.0 Å². The molecule has 0 heterocycles. The first-order valence-corrected chi connectivity index (χ1v) is 6.83. The normalized spacial score (nSPS) is 12.0. The van der Waals surface area contributed by atoms with Crippen molar-refractivity contribution in [2.24, 2.45) is 0 Å². The summed E-state index contributed by atoms with van der Waals surface area (Å²) in [6.45, 7) is 1.72. The summed E-state index contributed by atoms with van der Waals surface area (Å²) in [5, 5.41) is 0. The van der Waals surface area contributed by atoms with Crippen LogP contribution in [0.25, 0.3) is 0 Å². The summed E-state index contributed by atoms with van der Waals surface area (Å²) in [6.07, 6.45) is 0.0439. The second-order valence-corrected chi connectivity index (χ2v) is 5.16. The highest BCUT2D eigenvalue weighted by Gasteiger charge is 2.19. The molecule has 0 radical (unpaired) electrons. The molecule has 0 saturated carbocycles. The highest BCUT2D eigenvalue weighted by Crippen LogP contribution is 2.21. The molecule has 0 saturated heterocycles. The second kappa shape index (κ2) is 6.64. The van der Waals surface area contributed by atoms with E-state index >= 15 is 0 Å². The first-order valence-electron chi connectivity index (χ1n) is 6.83. The Hall–Kier alpha value is -2.30. The Morgan fingerprint density at radius 3 is 2.45 bits per heavy atom. The van der Waals surface area contributed by atoms with Crippen LogP contribution in [-0.2, 0) is 11.2 Å². The molecule has 0 aliphatic rings. The van der Waals surface area contributed by atoms with Crippen LogP contribution in [0.15, 0.2) is 42.5 Å². The lowest BCUT2D eigenvalue weighted by Crippen LogP contribution is -2.31. The first-order chi connectivity index (χ1) is 10.4. The molecule has 1 unspecified atom stereocenters. The largest absolute Gasteiger partial charge is 0.339 e. The number of nitrogens with zero attached hydrogens (tertiary/aromatic N) is 1. The van der Waals surface area contributed by atoms with E-state index in [2.05, 4.69) is 0 Å². The number of carbonyl (C=O) groups is 1. The monoisotopic (exact) mass is 307 g/mol. The third-order valence-corrected chi connectivity index (χ3v) is 3.64. The molecule has 5 heteroatoms. The highest BCUT2D eigenvalue weighted by molar-refractivity contribution is 5.79. The van der Waals surface area contributed by atoms with Gasteiger partial charge in [0.25, 0.3) is 0 Å². The van der Waals surface area contributed by atoms with E-state index in [1.165, 1.54) is 29.2 Å². The molecule has 22 heavy (non-hydrogen) atoms. The van der Waals surface area contributed by atoms with Gasteiger partial charge < -0.3 is 4.90 Å². The summed E-state index contributed by atoms with van der Waals surface area (Å²) in [7, 11) is 1.58. The highest BCUT2D eigenvalue weighted by atomic mass is 19.2. The summed E-state index contributed by atoms with van der Waals surface area (Å²) >= 11 is 0. The van der Waals surface area contributed by atoms with Gasteiger partial charge in [-0.15, -0.1) is 0 Å². The van der Waals surface area contributed by atoms with Gasteiger partial charge in [0, 0.05) is 7.05 Å². The number of carbonyl (C=O) groups excluding carboxylic acids is 1. The van der Waals surface area contributed by atoms with E-state index in [0.29, 0.717) is 11.1 Å². The van der Waals surface area contributed by atoms with Crippen molar-refractivity contribution in [1.29, 1.82) is 0 Å². The molecular formula is C17H16F3NO. The fourth-order valence-corrected chi connectivity index (χ4v) is 2.16. The minimum absolute atomic E-state index is 0.0439. The molecule has 1 amide bonds. The molecule has 0 aromatic heterocycles. The summed E-state index contributed by atoms with van der Waals surface area (Å²) < 4.78 is 39.4. The molecule has 2 aromatic carbocycles. The van der Waals surface area contributed by atoms with Crippen molar-refractivity contribution < 1.29 is 18.0 Å². The van der Waals surface area contributed by atoms with E-state index in [4.69, 9.17) is 0 Å². The van der Waals surface area contributed by atoms with Gasteiger partial charge in [0.2, 0.25) is 5.91 Å². The molecule has 2 rings (SSSR count). The number of hydrogen-bond acceptors (Lipinski definition) is 1. The Labute approximate surface area is 127 Å². The van der Waals surface area contributed by atoms with Crippen LogP contribution >= 0.6 is 0 Å². The van der Waals surface area contributed by atoms with Gasteiger partial charge in [0.05, 0.1) is 12.5 Å². The number of likely N-dealkylation sites (N-methyl/N-ethyl adjacent to an activating group) is 1. The van der Waals surface area contributed by atoms with Gasteiger partial charge in [-0.3, -0.25) is 4.79 Å². The van der Waals surface area contributed by atoms with Crippen molar-refractivity contribution >= 4 is 5.91 Å². The van der Waals surface area contributed by atoms with Gasteiger partial charge in [-0.2, -0.15) is 0 Å². The zero-order valence-corrected chi connectivity index (χ0v) is 12.3. The van der Waals surface area contributed by atoms with Crippen LogP contribution in [0, 0.1) is 17.5 Å². The molecule has 0 bridgehead atoms. The van der Waals surface area contributed by atoms with Crippen LogP contribution in [-0.4, -0.2) is 17.9 Å². The van der Waals surface area contributed by atoms with Crippen LogP contribution in [0.5, 0.6) is 0 Å². The van der Waals surface area contributed by atoms with Crippen LogP contribution in [0.2, 0.25) is 0 Å². The minimum atomic E-state index is -0.949. The molecule has 0 N–H and O–H groups in total. The predicted octanol–water partition coefficient (Wildman–Crippen LogP) is 3.87. The SMILES string of the molecule is CC(c1ccc(F)c(F)c1)N(C)C(=O)Cc1cccc(F)c1. The molecular weight excluding hydrogens is 291 g/mol. The van der Waals surface area contributed by atoms with Crippen LogP contribution < -0.4 is 0 Å². The lowest BCUT2D eigenvalue weighted by atomic mass is 10.1. The smallest absolute Gasteiger partial charge is 0.227 e. The van der Waals surface area contributed by atoms with Gasteiger partial charge in [0.1, 0.15) is 5.82 Å². The van der Waals surface area contributed by atoms with Gasteiger partial charge in [-0.25, -0.2) is 13.2 Å². The molecule has 0 aliphatic heterocycles. The minimum Gasteiger partial charge on any atom is -0.339 e. The number of amides is 1. The molecule has 1 atom stereocenters. The summed E-state index contributed by atoms with van der Waals surface area (Å²) in [5.41, 5.74) is 1.06. The van der Waals surface area contributed by atoms with Crippen molar-refractivity contribution in [3.05, 3.63) is 71.0 Å². The molecule has 0 aliphatic carbocycles. The fourth-order valence-electron chi connectivity index (χ4n) is 2.16. The third kappa shape index (κ3) is 3.67. The van der Waals surface area contributed by atoms with E-state index in [1.54, 1.807) is 20.0 Å². The Balaban J connectivity index is 2.10. The summed E-state index contributed by atoms with van der Waals surface area (Å²) in [4.78, 5) is 13.7. The van der Waals surface area contributed by atoms with Crippen molar-refractivity contribution in [2.45, 2.75) is 19.4 Å². The van der Waals surface area contributed by atoms with Crippen LogP contribution in [0.1, 0.15) is 24.1 Å². The Bertz CT molecular complexity index is 687. The maximum Gasteiger partial charge on any atom is 0.227 e. The Morgan fingerprint density at radius 2 is 1.82 bits per heavy atom. The number of rotatable bonds is 4. The van der Waals surface area contributed by atoms with E-state index in [0.717, 1.165) is 12.1 Å². The van der Waals surface area contributed by atoms with Crippen molar-refractivity contribution in [2.75, 3.05) is 7.05 Å². The number of benzene rings is 2. The van der Waals surface area contributed by atoms with E-state index < -0.39 is 23.5 Å². The van der Waals surface area contributed by atoms with Gasteiger partial charge in [-0.1, -0.05) is 18.2 Å². The predicted molar refractivity (Wildman–Crippen MR) is 77.6 cm³/mol. The van der Waals surface area contributed by atoms with Gasteiger partial charge in [0.15, 0.2) is 11.6 Å². The van der Waals surface area contributed by atoms with Crippen LogP contribution in [0.4, 0.5) is 13.2 Å². The van der Waals surface area contributed by atoms with Crippen LogP contribution in [0.3, 0.4) is 0 Å². The Morgan fingerprint density at radius 1 is 1.09 bits per heavy atom. The van der Waals surface area contributed by atoms with Crippen molar-refractivity contribution in [1.82, 2.24) is 4.90 Å². The average Bonchev–Trinajstić information content (AvgIpc) is 2.48. The van der Waals surface area contributed by atoms with Crippen molar-refractivity contribution in [3.8, 4) is 0 Å². The molecule has 0 fully saturated rings. The molecule has 0 spiro atoms. The lowest BCUT2D eigenvalue weighted by molar-refractivity contribution is -0.131. The standard InChI is InChI=1S/C17H16F3NO/c1-11(13-6-7-15(19)16(20)10-13)21(2)17(22)9-12-4-3-5-14(18)8-12/h3-8,10-11H,9H2,1-2H3. The number of hydrogen-bond donors (Lipinski definition) is 0. The van der Waals surface area contributed by atoms with Crippen molar-refractivity contribution in [3.63, 3.8) is 0 Å². The summed E-state index contributed by atoms with van der Waals surface area (Å²) in [6, 6.07) is 8.94. The third-order valence-electron chi connectivity index (χ3n) is 3.64. The molecule has 2 nitrogen and oxygen atoms in total. The second-order valence-electron chi connectivity index (χ2n) is 5.16. The van der Waals surface area contributed by atoms with E-state index in [-0.39, 0.29) is 12.3 Å². The van der Waals surface area contributed by atoms with Gasteiger partial charge in [-0.05, 0) is 42.3 Å². The molecule has 2 aromatic rings. The van der Waals surface area contributed by atoms with Gasteiger partial charge >= 0.3 is 0 Å². The fraction of sp³-hybridized carbons (Fsp3) is 0.235. The summed E-state index contributed by atoms with van der Waals surface area (Å²) in [5.74, 6) is -2.51. The average molecular weight is 307 g/mol. The molecule has 116 valence electrons. The number of halogens is 3. The lowest BCUT2D eigenvalue weighted by Gasteiger charge is -2.25. The zero-order chi connectivity index (χ0) is 16.3.